The highest BCUT2D eigenvalue weighted by Gasteiger charge is 2.65. The second-order valence-corrected chi connectivity index (χ2v) is 6.08. The molecule has 0 bridgehead atoms. The summed E-state index contributed by atoms with van der Waals surface area (Å²) >= 11 is 0. The van der Waals surface area contributed by atoms with Gasteiger partial charge in [-0.05, 0) is 32.3 Å². The zero-order chi connectivity index (χ0) is 16.8. The largest absolute Gasteiger partial charge is 0.450 e. The summed E-state index contributed by atoms with van der Waals surface area (Å²) in [5.74, 6) is -1.21. The van der Waals surface area contributed by atoms with Gasteiger partial charge in [0.1, 0.15) is 11.7 Å². The van der Waals surface area contributed by atoms with Crippen molar-refractivity contribution < 1.29 is 28.5 Å². The van der Waals surface area contributed by atoms with Crippen LogP contribution in [-0.2, 0) is 15.1 Å². The van der Waals surface area contributed by atoms with Gasteiger partial charge in [-0.1, -0.05) is 24.3 Å². The first-order valence-electron chi connectivity index (χ1n) is 6.63. The summed E-state index contributed by atoms with van der Waals surface area (Å²) in [5, 5.41) is 20.0. The number of alkyl halides is 2. The van der Waals surface area contributed by atoms with Gasteiger partial charge in [0.15, 0.2) is 0 Å². The fourth-order valence-corrected chi connectivity index (χ4v) is 2.23. The molecule has 0 aliphatic heterocycles. The summed E-state index contributed by atoms with van der Waals surface area (Å²) in [4.78, 5) is 11.5. The Bertz CT molecular complexity index is 667. The number of benzene rings is 1. The fourth-order valence-electron chi connectivity index (χ4n) is 2.23. The van der Waals surface area contributed by atoms with Gasteiger partial charge in [0.2, 0.25) is 5.60 Å². The van der Waals surface area contributed by atoms with Gasteiger partial charge < -0.3 is 14.9 Å². The Morgan fingerprint density at radius 3 is 2.50 bits per heavy atom. The highest BCUT2D eigenvalue weighted by molar-refractivity contribution is 5.89. The molecule has 0 aromatic heterocycles. The van der Waals surface area contributed by atoms with Crippen LogP contribution in [0.25, 0.3) is 0 Å². The third kappa shape index (κ3) is 2.58. The summed E-state index contributed by atoms with van der Waals surface area (Å²) in [7, 11) is 0. The molecule has 0 heterocycles. The number of carbonyl (C=O) groups is 1. The quantitative estimate of drug-likeness (QED) is 0.436. The molecule has 0 saturated carbocycles. The van der Waals surface area contributed by atoms with Crippen LogP contribution in [-0.4, -0.2) is 27.7 Å². The van der Waals surface area contributed by atoms with Crippen molar-refractivity contribution in [3.63, 3.8) is 0 Å². The van der Waals surface area contributed by atoms with E-state index in [-0.39, 0.29) is 11.1 Å². The van der Waals surface area contributed by atoms with Gasteiger partial charge >= 0.3 is 11.9 Å². The molecule has 2 atom stereocenters. The minimum absolute atomic E-state index is 0.117. The van der Waals surface area contributed by atoms with Crippen LogP contribution < -0.4 is 0 Å². The molecule has 22 heavy (non-hydrogen) atoms. The van der Waals surface area contributed by atoms with Gasteiger partial charge in [-0.2, -0.15) is 8.78 Å². The van der Waals surface area contributed by atoms with Crippen LogP contribution in [0, 0.1) is 11.8 Å². The molecule has 0 saturated heterocycles. The van der Waals surface area contributed by atoms with Crippen LogP contribution in [0.1, 0.15) is 38.0 Å². The van der Waals surface area contributed by atoms with Crippen LogP contribution in [0.15, 0.2) is 24.3 Å². The molecule has 0 amide bonds. The van der Waals surface area contributed by atoms with E-state index in [4.69, 9.17) is 4.74 Å². The number of fused-ring (bicyclic) bond motifs is 1. The summed E-state index contributed by atoms with van der Waals surface area (Å²) in [6.45, 7) is 4.81. The van der Waals surface area contributed by atoms with E-state index in [0.29, 0.717) is 0 Å². The molecule has 0 spiro atoms. The highest BCUT2D eigenvalue weighted by atomic mass is 19.3. The molecule has 1 aromatic carbocycles. The second-order valence-electron chi connectivity index (χ2n) is 6.08. The summed E-state index contributed by atoms with van der Waals surface area (Å²) in [5.41, 5.74) is -4.11. The first-order chi connectivity index (χ1) is 9.99. The highest BCUT2D eigenvalue weighted by Crippen LogP contribution is 2.53. The van der Waals surface area contributed by atoms with Crippen molar-refractivity contribution in [2.24, 2.45) is 0 Å². The Hall–Kier alpha value is -1.97. The number of aliphatic hydroxyl groups excluding tert-OH is 1. The molecule has 6 heteroatoms. The number of hydrogen-bond donors (Lipinski definition) is 2. The molecular weight excluding hydrogens is 294 g/mol. The lowest BCUT2D eigenvalue weighted by Gasteiger charge is -2.26. The van der Waals surface area contributed by atoms with Gasteiger partial charge in [-0.3, -0.25) is 0 Å². The molecule has 0 fully saturated rings. The molecule has 4 nitrogen and oxygen atoms in total. The number of rotatable bonds is 0. The van der Waals surface area contributed by atoms with Crippen LogP contribution >= 0.6 is 0 Å². The van der Waals surface area contributed by atoms with E-state index < -0.39 is 29.2 Å². The lowest BCUT2D eigenvalue weighted by Crippen LogP contribution is -2.43. The second kappa shape index (κ2) is 5.04. The van der Waals surface area contributed by atoms with Crippen molar-refractivity contribution in [2.45, 2.75) is 44.0 Å². The van der Waals surface area contributed by atoms with E-state index in [2.05, 4.69) is 0 Å². The molecule has 118 valence electrons. The van der Waals surface area contributed by atoms with Crippen molar-refractivity contribution >= 4 is 5.97 Å². The first-order valence-corrected chi connectivity index (χ1v) is 6.63. The lowest BCUT2D eigenvalue weighted by molar-refractivity contribution is -0.197. The molecule has 2 rings (SSSR count). The van der Waals surface area contributed by atoms with Crippen molar-refractivity contribution in [3.05, 3.63) is 35.4 Å². The fraction of sp³-hybridized carbons (Fsp3) is 0.438. The minimum Gasteiger partial charge on any atom is -0.450 e. The summed E-state index contributed by atoms with van der Waals surface area (Å²) < 4.78 is 33.3. The number of ether oxygens (including phenoxy) is 1. The van der Waals surface area contributed by atoms with Crippen LogP contribution in [0.4, 0.5) is 8.78 Å². The molecule has 2 N–H and O–H groups in total. The topological polar surface area (TPSA) is 66.8 Å². The Balaban J connectivity index is 2.43. The SMILES string of the molecule is CC(C)(C)OC(=O)C#C[C@]1(O)c2ccccc2[C@H](O)C1(F)F. The Kier molecular flexibility index (Phi) is 3.76. The van der Waals surface area contributed by atoms with Gasteiger partial charge in [0.25, 0.3) is 0 Å². The maximum atomic E-state index is 14.2. The number of aliphatic hydroxyl groups is 2. The number of halogens is 2. The Morgan fingerprint density at radius 1 is 1.32 bits per heavy atom. The third-order valence-corrected chi connectivity index (χ3v) is 3.22. The first kappa shape index (κ1) is 16.4. The predicted octanol–water partition coefficient (Wildman–Crippen LogP) is 1.90. The lowest BCUT2D eigenvalue weighted by atomic mass is 9.94. The number of carbonyl (C=O) groups excluding carboxylic acids is 1. The Labute approximate surface area is 126 Å². The molecule has 0 unspecified atom stereocenters. The summed E-state index contributed by atoms with van der Waals surface area (Å²) in [6, 6.07) is 5.42. The van der Waals surface area contributed by atoms with Crippen molar-refractivity contribution in [1.82, 2.24) is 0 Å². The van der Waals surface area contributed by atoms with E-state index in [1.807, 2.05) is 11.8 Å². The third-order valence-electron chi connectivity index (χ3n) is 3.22. The van der Waals surface area contributed by atoms with Crippen molar-refractivity contribution in [1.29, 1.82) is 0 Å². The maximum absolute atomic E-state index is 14.2. The van der Waals surface area contributed by atoms with Gasteiger partial charge in [0.05, 0.1) is 0 Å². The van der Waals surface area contributed by atoms with E-state index in [1.54, 1.807) is 20.8 Å². The average molecular weight is 310 g/mol. The van der Waals surface area contributed by atoms with Crippen LogP contribution in [0.5, 0.6) is 0 Å². The standard InChI is InChI=1S/C16H16F2O4/c1-14(2,3)22-12(19)8-9-15(21)11-7-5-4-6-10(11)13(20)16(15,17)18/h4-7,13,20-21H,1-3H3/t13-,15-/m0/s1. The summed E-state index contributed by atoms with van der Waals surface area (Å²) in [6.07, 6.45) is -2.19. The zero-order valence-electron chi connectivity index (χ0n) is 12.4. The predicted molar refractivity (Wildman–Crippen MR) is 73.9 cm³/mol. The molecule has 1 aliphatic carbocycles. The van der Waals surface area contributed by atoms with Gasteiger partial charge in [-0.15, -0.1) is 0 Å². The van der Waals surface area contributed by atoms with Crippen LogP contribution in [0.2, 0.25) is 0 Å². The van der Waals surface area contributed by atoms with Crippen molar-refractivity contribution in [3.8, 4) is 11.8 Å². The average Bonchev–Trinajstić information content (AvgIpc) is 2.55. The molecule has 0 radical (unpaired) electrons. The van der Waals surface area contributed by atoms with Crippen LogP contribution in [0.3, 0.4) is 0 Å². The van der Waals surface area contributed by atoms with E-state index in [0.717, 1.165) is 0 Å². The number of hydrogen-bond acceptors (Lipinski definition) is 4. The normalized spacial score (nSPS) is 25.9. The van der Waals surface area contributed by atoms with E-state index in [1.165, 1.54) is 24.3 Å². The van der Waals surface area contributed by atoms with Crippen molar-refractivity contribution in [2.75, 3.05) is 0 Å². The van der Waals surface area contributed by atoms with Gasteiger partial charge in [0, 0.05) is 11.5 Å². The molecule has 1 aliphatic rings. The monoisotopic (exact) mass is 310 g/mol. The van der Waals surface area contributed by atoms with Gasteiger partial charge in [-0.25, -0.2) is 4.79 Å². The number of esters is 1. The molecule has 1 aromatic rings. The smallest absolute Gasteiger partial charge is 0.384 e. The maximum Gasteiger partial charge on any atom is 0.384 e. The Morgan fingerprint density at radius 2 is 1.91 bits per heavy atom. The van der Waals surface area contributed by atoms with E-state index in [9.17, 15) is 23.8 Å². The van der Waals surface area contributed by atoms with E-state index >= 15 is 0 Å². The zero-order valence-corrected chi connectivity index (χ0v) is 12.4. The minimum atomic E-state index is -3.94. The molecular formula is C16H16F2O4.